The summed E-state index contributed by atoms with van der Waals surface area (Å²) in [6, 6.07) is 13.0. The van der Waals surface area contributed by atoms with E-state index in [4.69, 9.17) is 16.3 Å². The summed E-state index contributed by atoms with van der Waals surface area (Å²) in [5.41, 5.74) is 0.405. The van der Waals surface area contributed by atoms with Crippen LogP contribution in [0.2, 0.25) is 5.02 Å². The van der Waals surface area contributed by atoms with E-state index in [1.807, 2.05) is 0 Å². The number of hydrogen-bond acceptors (Lipinski definition) is 4. The van der Waals surface area contributed by atoms with Gasteiger partial charge in [-0.25, -0.2) is 9.59 Å². The Balaban J connectivity index is 2.15. The van der Waals surface area contributed by atoms with Crippen LogP contribution in [-0.2, 0) is 4.74 Å². The van der Waals surface area contributed by atoms with Crippen molar-refractivity contribution in [3.05, 3.63) is 59.1 Å². The first-order chi connectivity index (χ1) is 10.1. The maximum Gasteiger partial charge on any atom is 0.417 e. The van der Waals surface area contributed by atoms with Gasteiger partial charge in [-0.3, -0.25) is 5.32 Å². The van der Waals surface area contributed by atoms with E-state index in [1.54, 1.807) is 36.4 Å². The molecule has 5 nitrogen and oxygen atoms in total. The van der Waals surface area contributed by atoms with E-state index in [0.717, 1.165) is 0 Å². The minimum absolute atomic E-state index is 0.148. The number of hydrogen-bond donors (Lipinski definition) is 1. The van der Waals surface area contributed by atoms with E-state index in [-0.39, 0.29) is 11.3 Å². The highest BCUT2D eigenvalue weighted by atomic mass is 35.5. The minimum Gasteiger partial charge on any atom is -0.465 e. The lowest BCUT2D eigenvalue weighted by atomic mass is 10.2. The summed E-state index contributed by atoms with van der Waals surface area (Å²) in [7, 11) is 1.25. The number of benzene rings is 2. The summed E-state index contributed by atoms with van der Waals surface area (Å²) in [4.78, 5) is 23.5. The topological polar surface area (TPSA) is 64.6 Å². The molecule has 2 rings (SSSR count). The average Bonchev–Trinajstić information content (AvgIpc) is 2.49. The maximum atomic E-state index is 11.8. The molecule has 21 heavy (non-hydrogen) atoms. The fourth-order valence-corrected chi connectivity index (χ4v) is 1.81. The predicted molar refractivity (Wildman–Crippen MR) is 78.9 cm³/mol. The molecule has 6 heteroatoms. The van der Waals surface area contributed by atoms with Crippen LogP contribution < -0.4 is 10.1 Å². The van der Waals surface area contributed by atoms with Crippen LogP contribution in [0.5, 0.6) is 5.75 Å². The molecule has 0 radical (unpaired) electrons. The number of rotatable bonds is 3. The minimum atomic E-state index is -0.714. The highest BCUT2D eigenvalue weighted by Gasteiger charge is 2.15. The van der Waals surface area contributed by atoms with Gasteiger partial charge in [0.2, 0.25) is 0 Å². The second-order valence-corrected chi connectivity index (χ2v) is 4.45. The molecule has 0 spiro atoms. The second-order valence-electron chi connectivity index (χ2n) is 4.01. The normalized spacial score (nSPS) is 9.81. The lowest BCUT2D eigenvalue weighted by Gasteiger charge is -2.10. The predicted octanol–water partition coefficient (Wildman–Crippen LogP) is 3.74. The zero-order chi connectivity index (χ0) is 15.2. The van der Waals surface area contributed by atoms with Crippen LogP contribution in [0.25, 0.3) is 0 Å². The van der Waals surface area contributed by atoms with Gasteiger partial charge in [0.25, 0.3) is 0 Å². The Morgan fingerprint density at radius 3 is 2.48 bits per heavy atom. The maximum absolute atomic E-state index is 11.8. The van der Waals surface area contributed by atoms with Gasteiger partial charge in [-0.05, 0) is 30.3 Å². The first-order valence-corrected chi connectivity index (χ1v) is 6.39. The van der Waals surface area contributed by atoms with E-state index in [0.29, 0.717) is 10.8 Å². The van der Waals surface area contributed by atoms with Gasteiger partial charge in [0.05, 0.1) is 18.4 Å². The van der Waals surface area contributed by atoms with Crippen molar-refractivity contribution in [2.75, 3.05) is 12.4 Å². The Bertz CT molecular complexity index is 658. The van der Waals surface area contributed by atoms with Crippen molar-refractivity contribution in [3.63, 3.8) is 0 Å². The molecule has 1 amide bonds. The number of ether oxygens (including phenoxy) is 2. The van der Waals surface area contributed by atoms with Crippen LogP contribution in [0, 0.1) is 0 Å². The van der Waals surface area contributed by atoms with Crippen molar-refractivity contribution in [3.8, 4) is 5.75 Å². The summed E-state index contributed by atoms with van der Waals surface area (Å²) in [6.45, 7) is 0. The average molecular weight is 306 g/mol. The number of nitrogens with one attached hydrogen (secondary N) is 1. The molecular weight excluding hydrogens is 294 g/mol. The smallest absolute Gasteiger partial charge is 0.417 e. The van der Waals surface area contributed by atoms with Crippen molar-refractivity contribution in [1.82, 2.24) is 0 Å². The molecule has 0 saturated carbocycles. The zero-order valence-corrected chi connectivity index (χ0v) is 11.9. The van der Waals surface area contributed by atoms with Gasteiger partial charge >= 0.3 is 12.1 Å². The first-order valence-electron chi connectivity index (χ1n) is 6.02. The van der Waals surface area contributed by atoms with Crippen LogP contribution in [0.4, 0.5) is 10.5 Å². The molecule has 0 aliphatic carbocycles. The monoisotopic (exact) mass is 305 g/mol. The summed E-state index contributed by atoms with van der Waals surface area (Å²) in [5.74, 6) is -0.212. The summed E-state index contributed by atoms with van der Waals surface area (Å²) in [6.07, 6.45) is -0.714. The zero-order valence-electron chi connectivity index (χ0n) is 11.1. The molecule has 0 aliphatic rings. The second kappa shape index (κ2) is 6.76. The highest BCUT2D eigenvalue weighted by Crippen LogP contribution is 2.22. The number of carbonyl (C=O) groups excluding carboxylic acids is 2. The Kier molecular flexibility index (Phi) is 4.79. The van der Waals surface area contributed by atoms with E-state index >= 15 is 0 Å². The fourth-order valence-electron chi connectivity index (χ4n) is 1.64. The quantitative estimate of drug-likeness (QED) is 0.877. The summed E-state index contributed by atoms with van der Waals surface area (Å²) >= 11 is 5.83. The molecule has 0 unspecified atom stereocenters. The Hall–Kier alpha value is -2.53. The SMILES string of the molecule is COC(=O)c1cc(Cl)ccc1NC(=O)Oc1ccccc1. The lowest BCUT2D eigenvalue weighted by molar-refractivity contribution is 0.0602. The number of anilines is 1. The van der Waals surface area contributed by atoms with Gasteiger partial charge in [0.15, 0.2) is 0 Å². The highest BCUT2D eigenvalue weighted by molar-refractivity contribution is 6.31. The third-order valence-electron chi connectivity index (χ3n) is 2.58. The van der Waals surface area contributed by atoms with Crippen molar-refractivity contribution in [2.24, 2.45) is 0 Å². The van der Waals surface area contributed by atoms with Crippen molar-refractivity contribution in [1.29, 1.82) is 0 Å². The number of amides is 1. The Labute approximate surface area is 126 Å². The van der Waals surface area contributed by atoms with Crippen LogP contribution >= 0.6 is 11.6 Å². The van der Waals surface area contributed by atoms with Gasteiger partial charge in [-0.15, -0.1) is 0 Å². The van der Waals surface area contributed by atoms with E-state index in [2.05, 4.69) is 10.1 Å². The van der Waals surface area contributed by atoms with Crippen LogP contribution in [0.3, 0.4) is 0 Å². The number of methoxy groups -OCH3 is 1. The van der Waals surface area contributed by atoms with Crippen LogP contribution in [0.15, 0.2) is 48.5 Å². The van der Waals surface area contributed by atoms with Gasteiger partial charge in [0.1, 0.15) is 5.75 Å². The van der Waals surface area contributed by atoms with E-state index in [9.17, 15) is 9.59 Å². The molecule has 0 fully saturated rings. The molecule has 0 heterocycles. The number of esters is 1. The molecule has 2 aromatic carbocycles. The molecule has 0 bridgehead atoms. The van der Waals surface area contributed by atoms with Gasteiger partial charge in [0, 0.05) is 5.02 Å². The van der Waals surface area contributed by atoms with E-state index in [1.165, 1.54) is 19.2 Å². The summed E-state index contributed by atoms with van der Waals surface area (Å²) in [5, 5.41) is 2.84. The molecule has 0 aromatic heterocycles. The number of para-hydroxylation sites is 1. The molecular formula is C15H12ClNO4. The molecule has 108 valence electrons. The van der Waals surface area contributed by atoms with Crippen molar-refractivity contribution < 1.29 is 19.1 Å². The van der Waals surface area contributed by atoms with Crippen molar-refractivity contribution in [2.45, 2.75) is 0 Å². The third kappa shape index (κ3) is 3.97. The van der Waals surface area contributed by atoms with Gasteiger partial charge in [-0.1, -0.05) is 29.8 Å². The lowest BCUT2D eigenvalue weighted by Crippen LogP contribution is -2.19. The Morgan fingerprint density at radius 2 is 1.81 bits per heavy atom. The number of carbonyl (C=O) groups is 2. The first kappa shape index (κ1) is 14.9. The van der Waals surface area contributed by atoms with Crippen LogP contribution in [0.1, 0.15) is 10.4 Å². The Morgan fingerprint density at radius 1 is 1.10 bits per heavy atom. The summed E-state index contributed by atoms with van der Waals surface area (Å²) < 4.78 is 9.72. The molecule has 1 N–H and O–H groups in total. The molecule has 0 aliphatic heterocycles. The van der Waals surface area contributed by atoms with Gasteiger partial charge < -0.3 is 9.47 Å². The molecule has 0 atom stereocenters. The van der Waals surface area contributed by atoms with E-state index < -0.39 is 12.1 Å². The standard InChI is InChI=1S/C15H12ClNO4/c1-20-14(18)12-9-10(16)7-8-13(12)17-15(19)21-11-5-3-2-4-6-11/h2-9H,1H3,(H,17,19). The fraction of sp³-hybridized carbons (Fsp3) is 0.0667. The van der Waals surface area contributed by atoms with Crippen molar-refractivity contribution >= 4 is 29.4 Å². The third-order valence-corrected chi connectivity index (χ3v) is 2.81. The van der Waals surface area contributed by atoms with Gasteiger partial charge in [-0.2, -0.15) is 0 Å². The molecule has 0 saturated heterocycles. The molecule has 2 aromatic rings. The largest absolute Gasteiger partial charge is 0.465 e. The van der Waals surface area contributed by atoms with Crippen LogP contribution in [-0.4, -0.2) is 19.2 Å². The number of halogens is 1.